The van der Waals surface area contributed by atoms with Crippen molar-refractivity contribution in [3.8, 4) is 0 Å². The number of non-ortho nitro benzene ring substituents is 1. The van der Waals surface area contributed by atoms with Gasteiger partial charge in [0.25, 0.3) is 5.69 Å². The van der Waals surface area contributed by atoms with Gasteiger partial charge in [0.15, 0.2) is 5.54 Å². The maximum atomic E-state index is 11.8. The van der Waals surface area contributed by atoms with Crippen LogP contribution in [0.15, 0.2) is 24.3 Å². The molecule has 21 heavy (non-hydrogen) atoms. The summed E-state index contributed by atoms with van der Waals surface area (Å²) in [6.07, 6.45) is 0.177. The van der Waals surface area contributed by atoms with Crippen LogP contribution >= 0.6 is 0 Å². The Hall–Kier alpha value is -2.68. The van der Waals surface area contributed by atoms with Gasteiger partial charge in [-0.05, 0) is 12.1 Å². The Balaban J connectivity index is 2.01. The van der Waals surface area contributed by atoms with Crippen LogP contribution in [0.4, 0.5) is 16.2 Å². The molecule has 1 heterocycles. The fourth-order valence-electron chi connectivity index (χ4n) is 1.93. The minimum Gasteiger partial charge on any atom is -0.479 e. The van der Waals surface area contributed by atoms with Crippen LogP contribution in [0.2, 0.25) is 0 Å². The van der Waals surface area contributed by atoms with Gasteiger partial charge in [0, 0.05) is 30.8 Å². The number of rotatable bonds is 4. The van der Waals surface area contributed by atoms with Crippen molar-refractivity contribution in [1.29, 1.82) is 0 Å². The zero-order valence-electron chi connectivity index (χ0n) is 10.9. The zero-order chi connectivity index (χ0) is 15.5. The first kappa shape index (κ1) is 14.7. The van der Waals surface area contributed by atoms with Crippen molar-refractivity contribution in [2.75, 3.05) is 18.5 Å². The molecular weight excluding hydrogens is 282 g/mol. The summed E-state index contributed by atoms with van der Waals surface area (Å²) < 4.78 is 5.02. The van der Waals surface area contributed by atoms with Crippen molar-refractivity contribution in [2.24, 2.45) is 0 Å². The van der Waals surface area contributed by atoms with Crippen LogP contribution in [-0.2, 0) is 9.53 Å². The molecule has 0 radical (unpaired) electrons. The van der Waals surface area contributed by atoms with E-state index in [1.807, 2.05) is 0 Å². The van der Waals surface area contributed by atoms with E-state index in [4.69, 9.17) is 4.74 Å². The van der Waals surface area contributed by atoms with E-state index in [0.29, 0.717) is 5.69 Å². The van der Waals surface area contributed by atoms with Crippen molar-refractivity contribution in [2.45, 2.75) is 12.0 Å². The summed E-state index contributed by atoms with van der Waals surface area (Å²) >= 11 is 0. The van der Waals surface area contributed by atoms with Crippen LogP contribution in [0.1, 0.15) is 6.42 Å². The third kappa shape index (κ3) is 3.26. The normalized spacial score (nSPS) is 20.8. The Kier molecular flexibility index (Phi) is 4.03. The lowest BCUT2D eigenvalue weighted by Crippen LogP contribution is -2.56. The maximum absolute atomic E-state index is 11.8. The molecule has 1 fully saturated rings. The van der Waals surface area contributed by atoms with E-state index in [-0.39, 0.29) is 25.3 Å². The van der Waals surface area contributed by atoms with Gasteiger partial charge >= 0.3 is 12.0 Å². The Morgan fingerprint density at radius 2 is 2.00 bits per heavy atom. The average Bonchev–Trinajstić information content (AvgIpc) is 2.89. The number of carbonyl (C=O) groups is 2. The summed E-state index contributed by atoms with van der Waals surface area (Å²) in [7, 11) is 0. The minimum absolute atomic E-state index is 0.101. The van der Waals surface area contributed by atoms with Crippen LogP contribution < -0.4 is 10.6 Å². The molecule has 1 aliphatic rings. The molecule has 0 aliphatic carbocycles. The Morgan fingerprint density at radius 1 is 1.33 bits per heavy atom. The molecular formula is C12H13N3O6. The molecule has 0 spiro atoms. The number of hydrogen-bond donors (Lipinski definition) is 3. The van der Waals surface area contributed by atoms with Crippen LogP contribution in [-0.4, -0.2) is 40.8 Å². The van der Waals surface area contributed by atoms with E-state index in [1.165, 1.54) is 24.3 Å². The molecule has 1 saturated heterocycles. The summed E-state index contributed by atoms with van der Waals surface area (Å²) in [5.74, 6) is -1.17. The molecule has 112 valence electrons. The van der Waals surface area contributed by atoms with Crippen LogP contribution in [0.5, 0.6) is 0 Å². The van der Waals surface area contributed by atoms with Gasteiger partial charge in [-0.25, -0.2) is 9.59 Å². The molecule has 9 heteroatoms. The lowest BCUT2D eigenvalue weighted by molar-refractivity contribution is -0.384. The summed E-state index contributed by atoms with van der Waals surface area (Å²) in [6.45, 7) is 0.153. The number of amides is 2. The van der Waals surface area contributed by atoms with Crippen molar-refractivity contribution >= 4 is 23.4 Å². The molecule has 1 atom stereocenters. The number of nitrogens with zero attached hydrogens (tertiary/aromatic N) is 1. The highest BCUT2D eigenvalue weighted by Gasteiger charge is 2.44. The molecule has 1 aliphatic heterocycles. The van der Waals surface area contributed by atoms with Crippen LogP contribution in [0.25, 0.3) is 0 Å². The number of nitro benzene ring substituents is 1. The lowest BCUT2D eigenvalue weighted by atomic mass is 9.99. The number of carbonyl (C=O) groups excluding carboxylic acids is 1. The number of carboxylic acid groups (broad SMARTS) is 1. The first-order valence-electron chi connectivity index (χ1n) is 6.08. The van der Waals surface area contributed by atoms with E-state index in [9.17, 15) is 24.8 Å². The number of urea groups is 1. The number of aliphatic carboxylic acids is 1. The van der Waals surface area contributed by atoms with Gasteiger partial charge in [0.1, 0.15) is 0 Å². The lowest BCUT2D eigenvalue weighted by Gasteiger charge is -2.23. The van der Waals surface area contributed by atoms with Gasteiger partial charge in [-0.1, -0.05) is 0 Å². The molecule has 0 aromatic heterocycles. The number of nitro groups is 1. The van der Waals surface area contributed by atoms with Crippen molar-refractivity contribution in [3.63, 3.8) is 0 Å². The summed E-state index contributed by atoms with van der Waals surface area (Å²) in [4.78, 5) is 33.0. The Labute approximate surface area is 119 Å². The van der Waals surface area contributed by atoms with Crippen LogP contribution in [0.3, 0.4) is 0 Å². The molecule has 1 aromatic rings. The summed E-state index contributed by atoms with van der Waals surface area (Å²) in [6, 6.07) is 4.48. The van der Waals surface area contributed by atoms with E-state index in [0.717, 1.165) is 0 Å². The second kappa shape index (κ2) is 5.75. The first-order valence-corrected chi connectivity index (χ1v) is 6.08. The predicted molar refractivity (Wildman–Crippen MR) is 71.1 cm³/mol. The molecule has 3 N–H and O–H groups in total. The Morgan fingerprint density at radius 3 is 2.48 bits per heavy atom. The van der Waals surface area contributed by atoms with Gasteiger partial charge in [-0.2, -0.15) is 0 Å². The maximum Gasteiger partial charge on any atom is 0.332 e. The largest absolute Gasteiger partial charge is 0.479 e. The molecule has 2 amide bonds. The van der Waals surface area contributed by atoms with Gasteiger partial charge in [0.2, 0.25) is 0 Å². The predicted octanol–water partition coefficient (Wildman–Crippen LogP) is 0.960. The standard InChI is InChI=1S/C12H13N3O6/c16-10(17)12(5-6-21-7-12)14-11(18)13-8-1-3-9(4-2-8)15(19)20/h1-4H,5-7H2,(H,16,17)(H2,13,14,18). The molecule has 2 rings (SSSR count). The second-order valence-corrected chi connectivity index (χ2v) is 4.57. The third-order valence-corrected chi connectivity index (χ3v) is 3.12. The smallest absolute Gasteiger partial charge is 0.332 e. The van der Waals surface area contributed by atoms with Gasteiger partial charge in [-0.15, -0.1) is 0 Å². The molecule has 1 unspecified atom stereocenters. The van der Waals surface area contributed by atoms with E-state index in [2.05, 4.69) is 10.6 Å². The van der Waals surface area contributed by atoms with Gasteiger partial charge in [0.05, 0.1) is 11.5 Å². The Bertz CT molecular complexity index is 565. The quantitative estimate of drug-likeness (QED) is 0.560. The van der Waals surface area contributed by atoms with E-state index < -0.39 is 22.5 Å². The van der Waals surface area contributed by atoms with E-state index in [1.54, 1.807) is 0 Å². The fraction of sp³-hybridized carbons (Fsp3) is 0.333. The monoisotopic (exact) mass is 295 g/mol. The molecule has 0 saturated carbocycles. The number of ether oxygens (including phenoxy) is 1. The molecule has 1 aromatic carbocycles. The molecule has 0 bridgehead atoms. The van der Waals surface area contributed by atoms with Gasteiger partial charge < -0.3 is 20.5 Å². The highest BCUT2D eigenvalue weighted by Crippen LogP contribution is 2.20. The number of hydrogen-bond acceptors (Lipinski definition) is 5. The van der Waals surface area contributed by atoms with Crippen LogP contribution in [0, 0.1) is 10.1 Å². The topological polar surface area (TPSA) is 131 Å². The summed E-state index contributed by atoms with van der Waals surface area (Å²) in [5.41, 5.74) is -1.23. The third-order valence-electron chi connectivity index (χ3n) is 3.12. The first-order chi connectivity index (χ1) is 9.93. The minimum atomic E-state index is -1.44. The average molecular weight is 295 g/mol. The summed E-state index contributed by atoms with van der Waals surface area (Å²) in [5, 5.41) is 24.5. The van der Waals surface area contributed by atoms with Crippen molar-refractivity contribution < 1.29 is 24.4 Å². The number of carboxylic acids is 1. The number of benzene rings is 1. The SMILES string of the molecule is O=C(Nc1ccc([N+](=O)[O-])cc1)NC1(C(=O)O)CCOC1. The fourth-order valence-corrected chi connectivity index (χ4v) is 1.93. The van der Waals surface area contributed by atoms with Crippen molar-refractivity contribution in [3.05, 3.63) is 34.4 Å². The van der Waals surface area contributed by atoms with Crippen molar-refractivity contribution in [1.82, 2.24) is 5.32 Å². The number of anilines is 1. The molecule has 9 nitrogen and oxygen atoms in total. The highest BCUT2D eigenvalue weighted by molar-refractivity contribution is 5.94. The zero-order valence-corrected chi connectivity index (χ0v) is 10.9. The van der Waals surface area contributed by atoms with E-state index >= 15 is 0 Å². The highest BCUT2D eigenvalue weighted by atomic mass is 16.6. The number of nitrogens with one attached hydrogen (secondary N) is 2. The van der Waals surface area contributed by atoms with Gasteiger partial charge in [-0.3, -0.25) is 10.1 Å². The second-order valence-electron chi connectivity index (χ2n) is 4.57.